The van der Waals surface area contributed by atoms with Crippen molar-refractivity contribution >= 4 is 28.7 Å². The number of aliphatic hydroxyl groups excluding tert-OH is 2. The molecule has 1 aliphatic heterocycles. The Morgan fingerprint density at radius 2 is 2.00 bits per heavy atom. The maximum atomic E-state index is 12.5. The monoisotopic (exact) mass is 446 g/mol. The molecule has 1 aliphatic carbocycles. The van der Waals surface area contributed by atoms with Gasteiger partial charge in [-0.05, 0) is 40.8 Å². The van der Waals surface area contributed by atoms with Crippen LogP contribution >= 0.6 is 0 Å². The van der Waals surface area contributed by atoms with Crippen LogP contribution in [-0.4, -0.2) is 48.5 Å². The number of H-pyrrole nitrogens is 1. The summed E-state index contributed by atoms with van der Waals surface area (Å²) in [6.07, 6.45) is -1.23. The van der Waals surface area contributed by atoms with Gasteiger partial charge in [-0.1, -0.05) is 30.3 Å². The predicted octanol–water partition coefficient (Wildman–Crippen LogP) is 1.66. The van der Waals surface area contributed by atoms with E-state index in [2.05, 4.69) is 44.5 Å². The van der Waals surface area contributed by atoms with Crippen LogP contribution in [0.4, 0.5) is 17.6 Å². The van der Waals surface area contributed by atoms with Crippen LogP contribution < -0.4 is 16.6 Å². The fourth-order valence-corrected chi connectivity index (χ4v) is 4.75. The number of aromatic amines is 1. The van der Waals surface area contributed by atoms with E-state index in [1.54, 1.807) is 4.57 Å². The van der Waals surface area contributed by atoms with Crippen LogP contribution in [0.2, 0.25) is 0 Å². The van der Waals surface area contributed by atoms with Crippen molar-refractivity contribution in [3.8, 4) is 11.1 Å². The fraction of sp³-hybridized carbons (Fsp3) is 0.261. The van der Waals surface area contributed by atoms with Gasteiger partial charge in [0.25, 0.3) is 5.56 Å². The Bertz CT molecular complexity index is 1440. The van der Waals surface area contributed by atoms with Gasteiger partial charge in [0.05, 0.1) is 12.7 Å². The Labute approximate surface area is 187 Å². The van der Waals surface area contributed by atoms with Gasteiger partial charge in [-0.3, -0.25) is 14.3 Å². The van der Waals surface area contributed by atoms with Crippen molar-refractivity contribution in [1.29, 1.82) is 0 Å². The van der Waals surface area contributed by atoms with E-state index in [0.717, 1.165) is 12.1 Å². The molecule has 33 heavy (non-hydrogen) atoms. The Balaban J connectivity index is 1.42. The lowest BCUT2D eigenvalue weighted by atomic mass is 10.1. The number of aliphatic hydroxyl groups is 2. The molecule has 0 unspecified atom stereocenters. The van der Waals surface area contributed by atoms with Crippen LogP contribution in [0.1, 0.15) is 23.8 Å². The maximum absolute atomic E-state index is 12.5. The van der Waals surface area contributed by atoms with E-state index in [1.807, 2.05) is 18.2 Å². The van der Waals surface area contributed by atoms with Gasteiger partial charge in [0, 0.05) is 12.1 Å². The van der Waals surface area contributed by atoms with Gasteiger partial charge in [-0.15, -0.1) is 0 Å². The van der Waals surface area contributed by atoms with Crippen molar-refractivity contribution in [3.63, 3.8) is 0 Å². The summed E-state index contributed by atoms with van der Waals surface area (Å²) in [5.74, 6) is 0.285. The number of nitrogens with one attached hydrogen (secondary N) is 2. The van der Waals surface area contributed by atoms with E-state index < -0.39 is 24.0 Å². The molecular weight excluding hydrogens is 424 g/mol. The highest BCUT2D eigenvalue weighted by Crippen LogP contribution is 2.39. The molecule has 6 rings (SSSR count). The molecule has 10 nitrogen and oxygen atoms in total. The summed E-state index contributed by atoms with van der Waals surface area (Å²) in [5, 5.41) is 23.0. The number of nitrogens with zero attached hydrogens (tertiary/aromatic N) is 3. The number of imidazole rings is 1. The second kappa shape index (κ2) is 7.41. The van der Waals surface area contributed by atoms with Gasteiger partial charge in [0.1, 0.15) is 12.3 Å². The van der Waals surface area contributed by atoms with E-state index in [0.29, 0.717) is 5.95 Å². The average molecular weight is 446 g/mol. The molecule has 0 bridgehead atoms. The first-order valence-corrected chi connectivity index (χ1v) is 10.7. The zero-order valence-corrected chi connectivity index (χ0v) is 17.5. The molecule has 0 radical (unpaired) electrons. The van der Waals surface area contributed by atoms with Gasteiger partial charge in [0.2, 0.25) is 11.9 Å². The third kappa shape index (κ3) is 3.18. The summed E-state index contributed by atoms with van der Waals surface area (Å²) in [6.45, 7) is -0.325. The predicted molar refractivity (Wildman–Crippen MR) is 122 cm³/mol. The van der Waals surface area contributed by atoms with Crippen LogP contribution in [-0.2, 0) is 11.2 Å². The molecule has 0 spiro atoms. The molecule has 1 saturated heterocycles. The number of ether oxygens (including phenoxy) is 1. The van der Waals surface area contributed by atoms with Crippen molar-refractivity contribution in [1.82, 2.24) is 19.5 Å². The van der Waals surface area contributed by atoms with Crippen molar-refractivity contribution in [2.75, 3.05) is 17.7 Å². The Kier molecular flexibility index (Phi) is 4.47. The summed E-state index contributed by atoms with van der Waals surface area (Å²) in [4.78, 5) is 23.7. The van der Waals surface area contributed by atoms with E-state index in [1.165, 1.54) is 22.3 Å². The van der Waals surface area contributed by atoms with Crippen LogP contribution in [0, 0.1) is 0 Å². The van der Waals surface area contributed by atoms with Gasteiger partial charge >= 0.3 is 0 Å². The molecule has 0 amide bonds. The van der Waals surface area contributed by atoms with Crippen LogP contribution in [0.15, 0.2) is 47.3 Å². The van der Waals surface area contributed by atoms with E-state index in [-0.39, 0.29) is 30.1 Å². The standard InChI is InChI=1S/C23H22N6O4/c24-22-27-20-19(21(32)28-22)26-23(29(20)18-9-16(31)17(10-30)33-18)25-13-5-6-15-12(8-13)7-11-3-1-2-4-14(11)15/h1-6,8,16-18,30-31H,7,9-10H2,(H,25,26)(H3,24,27,28,32)/t16-,17+,18+/m0/s1. The second-order valence-electron chi connectivity index (χ2n) is 8.37. The van der Waals surface area contributed by atoms with Crippen LogP contribution in [0.5, 0.6) is 0 Å². The summed E-state index contributed by atoms with van der Waals surface area (Å²) in [6, 6.07) is 14.4. The minimum Gasteiger partial charge on any atom is -0.394 e. The molecule has 3 heterocycles. The minimum absolute atomic E-state index is 0.0484. The van der Waals surface area contributed by atoms with Crippen molar-refractivity contribution in [3.05, 3.63) is 63.9 Å². The molecule has 6 N–H and O–H groups in total. The van der Waals surface area contributed by atoms with Gasteiger partial charge in [-0.25, -0.2) is 4.98 Å². The second-order valence-corrected chi connectivity index (χ2v) is 8.37. The summed E-state index contributed by atoms with van der Waals surface area (Å²) in [7, 11) is 0. The Morgan fingerprint density at radius 1 is 1.18 bits per heavy atom. The number of aromatic nitrogens is 4. The van der Waals surface area contributed by atoms with Crippen molar-refractivity contribution < 1.29 is 14.9 Å². The number of nitrogen functional groups attached to an aromatic ring is 1. The molecule has 168 valence electrons. The number of hydrogen-bond acceptors (Lipinski definition) is 8. The highest BCUT2D eigenvalue weighted by molar-refractivity contribution is 5.80. The molecule has 3 atom stereocenters. The van der Waals surface area contributed by atoms with Crippen LogP contribution in [0.3, 0.4) is 0 Å². The van der Waals surface area contributed by atoms with Crippen LogP contribution in [0.25, 0.3) is 22.3 Å². The van der Waals surface area contributed by atoms with E-state index >= 15 is 0 Å². The summed E-state index contributed by atoms with van der Waals surface area (Å²) in [5.41, 5.74) is 11.4. The molecule has 4 aromatic rings. The average Bonchev–Trinajstić information content (AvgIpc) is 3.46. The quantitative estimate of drug-likeness (QED) is 0.280. The Hall–Kier alpha value is -3.73. The highest BCUT2D eigenvalue weighted by atomic mass is 16.5. The normalized spacial score (nSPS) is 21.3. The topological polar surface area (TPSA) is 151 Å². The van der Waals surface area contributed by atoms with Crippen molar-refractivity contribution in [2.24, 2.45) is 0 Å². The van der Waals surface area contributed by atoms with Crippen molar-refractivity contribution in [2.45, 2.75) is 31.3 Å². The summed E-state index contributed by atoms with van der Waals surface area (Å²) < 4.78 is 7.45. The Morgan fingerprint density at radius 3 is 2.82 bits per heavy atom. The maximum Gasteiger partial charge on any atom is 0.280 e. The largest absolute Gasteiger partial charge is 0.394 e. The number of benzene rings is 2. The molecule has 2 aliphatic rings. The zero-order chi connectivity index (χ0) is 22.7. The number of hydrogen-bond donors (Lipinski definition) is 5. The minimum atomic E-state index is -0.858. The number of rotatable bonds is 4. The van der Waals surface area contributed by atoms with E-state index in [4.69, 9.17) is 10.5 Å². The summed E-state index contributed by atoms with van der Waals surface area (Å²) >= 11 is 0. The first-order chi connectivity index (χ1) is 16.0. The molecule has 1 fully saturated rings. The molecule has 10 heteroatoms. The molecule has 0 saturated carbocycles. The smallest absolute Gasteiger partial charge is 0.280 e. The van der Waals surface area contributed by atoms with E-state index in [9.17, 15) is 15.0 Å². The van der Waals surface area contributed by atoms with Gasteiger partial charge in [0.15, 0.2) is 11.2 Å². The lowest BCUT2D eigenvalue weighted by molar-refractivity contribution is -0.0425. The number of nitrogens with two attached hydrogens (primary N) is 1. The van der Waals surface area contributed by atoms with Gasteiger partial charge < -0.3 is 26.0 Å². The molecule has 2 aromatic carbocycles. The third-order valence-corrected chi connectivity index (χ3v) is 6.29. The molecular formula is C23H22N6O4. The first-order valence-electron chi connectivity index (χ1n) is 10.7. The molecule has 2 aromatic heterocycles. The number of anilines is 3. The first kappa shape index (κ1) is 19.9. The number of fused-ring (bicyclic) bond motifs is 4. The fourth-order valence-electron chi connectivity index (χ4n) is 4.75. The SMILES string of the molecule is Nc1nc2c(nc(Nc3ccc4c(c3)Cc3ccccc3-4)n2[C@H]2C[C@H](O)[C@@H](CO)O2)c(=O)[nH]1. The van der Waals surface area contributed by atoms with Gasteiger partial charge in [-0.2, -0.15) is 4.98 Å². The third-order valence-electron chi connectivity index (χ3n) is 6.29. The zero-order valence-electron chi connectivity index (χ0n) is 17.5. The lowest BCUT2D eigenvalue weighted by Crippen LogP contribution is -2.24. The lowest BCUT2D eigenvalue weighted by Gasteiger charge is -2.17. The highest BCUT2D eigenvalue weighted by Gasteiger charge is 2.37.